The highest BCUT2D eigenvalue weighted by atomic mass is 35.5. The molecule has 0 fully saturated rings. The second-order valence-corrected chi connectivity index (χ2v) is 5.58. The van der Waals surface area contributed by atoms with Crippen LogP contribution in [-0.2, 0) is 0 Å². The highest BCUT2D eigenvalue weighted by molar-refractivity contribution is 7.17. The van der Waals surface area contributed by atoms with Crippen molar-refractivity contribution in [3.8, 4) is 0 Å². The van der Waals surface area contributed by atoms with Gasteiger partial charge in [0.25, 0.3) is 5.91 Å². The molecule has 1 heterocycles. The first-order valence-corrected chi connectivity index (χ1v) is 6.76. The minimum atomic E-state index is -0.557. The zero-order valence-electron chi connectivity index (χ0n) is 9.72. The van der Waals surface area contributed by atoms with Gasteiger partial charge in [0.1, 0.15) is 0 Å². The molecule has 2 rings (SSSR count). The maximum atomic E-state index is 11.9. The van der Waals surface area contributed by atoms with E-state index in [4.69, 9.17) is 28.9 Å². The molecule has 0 unspecified atom stereocenters. The number of amides is 1. The van der Waals surface area contributed by atoms with Gasteiger partial charge in [-0.1, -0.05) is 34.5 Å². The van der Waals surface area contributed by atoms with Crippen LogP contribution in [0.5, 0.6) is 0 Å². The van der Waals surface area contributed by atoms with Crippen LogP contribution in [0.2, 0.25) is 10.0 Å². The number of carbonyl (C=O) groups is 1. The van der Waals surface area contributed by atoms with Crippen LogP contribution in [-0.4, -0.2) is 10.8 Å². The number of carbonyl (C=O) groups excluding carboxylic acids is 1. The molecule has 0 spiro atoms. The van der Waals surface area contributed by atoms with Crippen molar-refractivity contribution in [2.75, 3.05) is 11.1 Å². The Bertz CT molecular complexity index is 679. The molecule has 0 saturated carbocycles. The van der Waals surface area contributed by atoms with Crippen LogP contribution in [0.15, 0.2) is 24.3 Å². The molecule has 3 N–H and O–H groups in total. The molecule has 0 atom stereocenters. The Kier molecular flexibility index (Phi) is 4.12. The third kappa shape index (κ3) is 3.01. The minimum absolute atomic E-state index is 0.108. The number of thiophene rings is 1. The average molecular weight is 332 g/mol. The molecule has 0 aliphatic carbocycles. The van der Waals surface area contributed by atoms with Crippen molar-refractivity contribution in [2.24, 2.45) is 0 Å². The van der Waals surface area contributed by atoms with Crippen molar-refractivity contribution >= 4 is 56.8 Å². The SMILES string of the molecule is Nc1c(Cl)cc(NC(=O)c2ccc([N+](=O)[O-])s2)cc1Cl. The van der Waals surface area contributed by atoms with E-state index in [1.165, 1.54) is 24.3 Å². The van der Waals surface area contributed by atoms with E-state index in [0.29, 0.717) is 5.69 Å². The fraction of sp³-hybridized carbons (Fsp3) is 0. The summed E-state index contributed by atoms with van der Waals surface area (Å²) in [6, 6.07) is 5.53. The van der Waals surface area contributed by atoms with Gasteiger partial charge in [-0.25, -0.2) is 0 Å². The van der Waals surface area contributed by atoms with Gasteiger partial charge in [-0.3, -0.25) is 14.9 Å². The fourth-order valence-corrected chi connectivity index (χ4v) is 2.60. The van der Waals surface area contributed by atoms with Gasteiger partial charge in [-0.2, -0.15) is 0 Å². The largest absolute Gasteiger partial charge is 0.396 e. The number of nitrogens with two attached hydrogens (primary N) is 1. The number of halogens is 2. The molecule has 0 bridgehead atoms. The molecule has 104 valence electrons. The van der Waals surface area contributed by atoms with E-state index in [-0.39, 0.29) is 25.6 Å². The Morgan fingerprint density at radius 2 is 1.90 bits per heavy atom. The molecular weight excluding hydrogens is 325 g/mol. The second-order valence-electron chi connectivity index (χ2n) is 3.70. The number of nitrogens with one attached hydrogen (secondary N) is 1. The summed E-state index contributed by atoms with van der Waals surface area (Å²) in [5.41, 5.74) is 6.16. The first kappa shape index (κ1) is 14.6. The summed E-state index contributed by atoms with van der Waals surface area (Å²) >= 11 is 12.5. The van der Waals surface area contributed by atoms with Crippen LogP contribution in [0.4, 0.5) is 16.4 Å². The number of nitrogen functional groups attached to an aromatic ring is 1. The predicted molar refractivity (Wildman–Crippen MR) is 79.8 cm³/mol. The summed E-state index contributed by atoms with van der Waals surface area (Å²) in [6.45, 7) is 0. The van der Waals surface area contributed by atoms with E-state index in [0.717, 1.165) is 11.3 Å². The molecule has 0 aliphatic heterocycles. The molecule has 0 radical (unpaired) electrons. The van der Waals surface area contributed by atoms with Crippen molar-refractivity contribution < 1.29 is 9.72 Å². The Labute approximate surface area is 127 Å². The van der Waals surface area contributed by atoms with Crippen molar-refractivity contribution in [1.29, 1.82) is 0 Å². The molecule has 1 aromatic heterocycles. The minimum Gasteiger partial charge on any atom is -0.396 e. The molecule has 1 amide bonds. The second kappa shape index (κ2) is 5.66. The molecule has 9 heteroatoms. The lowest BCUT2D eigenvalue weighted by atomic mass is 10.2. The zero-order chi connectivity index (χ0) is 14.9. The average Bonchev–Trinajstić information content (AvgIpc) is 2.85. The van der Waals surface area contributed by atoms with Gasteiger partial charge in [0.05, 0.1) is 25.5 Å². The van der Waals surface area contributed by atoms with Crippen molar-refractivity contribution in [3.05, 3.63) is 49.3 Å². The zero-order valence-corrected chi connectivity index (χ0v) is 12.1. The van der Waals surface area contributed by atoms with E-state index in [1.807, 2.05) is 0 Å². The molecule has 2 aromatic rings. The van der Waals surface area contributed by atoms with Gasteiger partial charge in [0, 0.05) is 11.8 Å². The van der Waals surface area contributed by atoms with Gasteiger partial charge >= 0.3 is 5.00 Å². The standard InChI is InChI=1S/C11H7Cl2N3O3S/c12-6-3-5(4-7(13)10(6)14)15-11(17)8-1-2-9(20-8)16(18)19/h1-4H,14H2,(H,15,17). The Morgan fingerprint density at radius 3 is 2.40 bits per heavy atom. The van der Waals surface area contributed by atoms with Gasteiger partial charge in [-0.15, -0.1) is 0 Å². The van der Waals surface area contributed by atoms with Crippen LogP contribution >= 0.6 is 34.5 Å². The van der Waals surface area contributed by atoms with Crippen molar-refractivity contribution in [1.82, 2.24) is 0 Å². The number of nitrogens with zero attached hydrogens (tertiary/aromatic N) is 1. The maximum absolute atomic E-state index is 11.9. The highest BCUT2D eigenvalue weighted by Crippen LogP contribution is 2.32. The third-order valence-electron chi connectivity index (χ3n) is 2.33. The van der Waals surface area contributed by atoms with E-state index in [1.54, 1.807) is 0 Å². The summed E-state index contributed by atoms with van der Waals surface area (Å²) in [7, 11) is 0. The van der Waals surface area contributed by atoms with Gasteiger partial charge < -0.3 is 11.1 Å². The molecule has 20 heavy (non-hydrogen) atoms. The summed E-state index contributed by atoms with van der Waals surface area (Å²) in [6.07, 6.45) is 0. The van der Waals surface area contributed by atoms with E-state index in [2.05, 4.69) is 5.32 Å². The number of anilines is 2. The van der Waals surface area contributed by atoms with Crippen molar-refractivity contribution in [2.45, 2.75) is 0 Å². The maximum Gasteiger partial charge on any atom is 0.324 e. The Hall–Kier alpha value is -1.83. The molecule has 6 nitrogen and oxygen atoms in total. The van der Waals surface area contributed by atoms with E-state index in [9.17, 15) is 14.9 Å². The number of benzene rings is 1. The summed E-state index contributed by atoms with van der Waals surface area (Å²) in [5, 5.41) is 13.4. The molecule has 0 saturated heterocycles. The van der Waals surface area contributed by atoms with Gasteiger partial charge in [0.2, 0.25) is 0 Å². The predicted octanol–water partition coefficient (Wildman–Crippen LogP) is 3.80. The number of hydrogen-bond donors (Lipinski definition) is 2. The summed E-state index contributed by atoms with van der Waals surface area (Å²) < 4.78 is 0. The third-order valence-corrected chi connectivity index (χ3v) is 3.99. The lowest BCUT2D eigenvalue weighted by Crippen LogP contribution is -2.10. The molecule has 1 aromatic carbocycles. The highest BCUT2D eigenvalue weighted by Gasteiger charge is 2.16. The lowest BCUT2D eigenvalue weighted by molar-refractivity contribution is -0.380. The summed E-state index contributed by atoms with van der Waals surface area (Å²) in [5.74, 6) is -0.486. The van der Waals surface area contributed by atoms with Crippen LogP contribution in [0.3, 0.4) is 0 Å². The Balaban J connectivity index is 2.21. The fourth-order valence-electron chi connectivity index (χ4n) is 1.40. The van der Waals surface area contributed by atoms with E-state index < -0.39 is 10.8 Å². The molecule has 0 aliphatic rings. The van der Waals surface area contributed by atoms with Gasteiger partial charge in [0.15, 0.2) is 0 Å². The first-order chi connectivity index (χ1) is 9.38. The van der Waals surface area contributed by atoms with Crippen LogP contribution in [0, 0.1) is 10.1 Å². The van der Waals surface area contributed by atoms with Crippen molar-refractivity contribution in [3.63, 3.8) is 0 Å². The number of rotatable bonds is 3. The number of hydrogen-bond acceptors (Lipinski definition) is 5. The first-order valence-electron chi connectivity index (χ1n) is 5.18. The van der Waals surface area contributed by atoms with Crippen LogP contribution < -0.4 is 11.1 Å². The monoisotopic (exact) mass is 331 g/mol. The topological polar surface area (TPSA) is 98.3 Å². The Morgan fingerprint density at radius 1 is 1.30 bits per heavy atom. The lowest BCUT2D eigenvalue weighted by Gasteiger charge is -2.07. The quantitative estimate of drug-likeness (QED) is 0.507. The normalized spacial score (nSPS) is 10.3. The molecular formula is C11H7Cl2N3O3S. The van der Waals surface area contributed by atoms with E-state index >= 15 is 0 Å². The van der Waals surface area contributed by atoms with Crippen LogP contribution in [0.1, 0.15) is 9.67 Å². The number of nitro groups is 1. The van der Waals surface area contributed by atoms with Crippen LogP contribution in [0.25, 0.3) is 0 Å². The smallest absolute Gasteiger partial charge is 0.324 e. The van der Waals surface area contributed by atoms with Gasteiger partial charge in [-0.05, 0) is 18.2 Å². The summed E-state index contributed by atoms with van der Waals surface area (Å²) in [4.78, 5) is 22.1.